The molecule has 0 bridgehead atoms. The van der Waals surface area contributed by atoms with Crippen molar-refractivity contribution in [2.75, 3.05) is 26.7 Å². The summed E-state index contributed by atoms with van der Waals surface area (Å²) in [6.07, 6.45) is 1.07. The third kappa shape index (κ3) is 5.16. The Hall–Kier alpha value is -2.38. The third-order valence-electron chi connectivity index (χ3n) is 5.21. The number of sulfonamides is 1. The molecule has 0 saturated carbocycles. The van der Waals surface area contributed by atoms with E-state index in [0.29, 0.717) is 44.8 Å². The number of carbonyl (C=O) groups excluding carboxylic acids is 1. The lowest BCUT2D eigenvalue weighted by molar-refractivity contribution is -0.135. The second-order valence-corrected chi connectivity index (χ2v) is 9.20. The van der Waals surface area contributed by atoms with Gasteiger partial charge in [0, 0.05) is 32.6 Å². The highest BCUT2D eigenvalue weighted by molar-refractivity contribution is 7.89. The number of hydrogen-bond donors (Lipinski definition) is 0. The van der Waals surface area contributed by atoms with Gasteiger partial charge in [0.25, 0.3) is 0 Å². The monoisotopic (exact) mass is 416 g/mol. The molecule has 1 amide bonds. The van der Waals surface area contributed by atoms with Crippen molar-refractivity contribution in [3.63, 3.8) is 0 Å². The number of hydrogen-bond acceptors (Lipinski definition) is 4. The van der Waals surface area contributed by atoms with Gasteiger partial charge in [0.05, 0.1) is 11.5 Å². The van der Waals surface area contributed by atoms with Gasteiger partial charge in [-0.15, -0.1) is 0 Å². The fraction of sp³-hybridized carbons (Fsp3) is 0.409. The smallest absolute Gasteiger partial charge is 0.243 e. The highest BCUT2D eigenvalue weighted by Gasteiger charge is 2.33. The van der Waals surface area contributed by atoms with Crippen molar-refractivity contribution in [1.29, 1.82) is 0 Å². The van der Waals surface area contributed by atoms with Crippen LogP contribution in [-0.4, -0.2) is 50.3 Å². The summed E-state index contributed by atoms with van der Waals surface area (Å²) in [6, 6.07) is 16.3. The van der Waals surface area contributed by atoms with Crippen LogP contribution in [0.1, 0.15) is 25.3 Å². The average Bonchev–Trinajstić information content (AvgIpc) is 2.74. The summed E-state index contributed by atoms with van der Waals surface area (Å²) in [5, 5.41) is 0. The molecule has 0 aromatic heterocycles. The summed E-state index contributed by atoms with van der Waals surface area (Å²) in [5.74, 6) is 0.583. The maximum absolute atomic E-state index is 12.9. The van der Waals surface area contributed by atoms with Gasteiger partial charge < -0.3 is 9.64 Å². The van der Waals surface area contributed by atoms with Crippen molar-refractivity contribution in [2.24, 2.45) is 5.92 Å². The molecule has 0 N–H and O–H groups in total. The number of piperidine rings is 1. The lowest BCUT2D eigenvalue weighted by atomic mass is 9.96. The predicted molar refractivity (Wildman–Crippen MR) is 112 cm³/mol. The first-order valence-electron chi connectivity index (χ1n) is 9.93. The zero-order valence-electron chi connectivity index (χ0n) is 17.0. The average molecular weight is 417 g/mol. The van der Waals surface area contributed by atoms with Crippen LogP contribution in [0.3, 0.4) is 0 Å². The van der Waals surface area contributed by atoms with Crippen LogP contribution in [0.2, 0.25) is 0 Å². The third-order valence-corrected chi connectivity index (χ3v) is 7.13. The molecule has 3 rings (SSSR count). The van der Waals surface area contributed by atoms with Gasteiger partial charge in [-0.25, -0.2) is 8.42 Å². The molecule has 2 aromatic rings. The Balaban J connectivity index is 1.58. The van der Waals surface area contributed by atoms with Gasteiger partial charge in [0.15, 0.2) is 0 Å². The number of amides is 1. The highest BCUT2D eigenvalue weighted by Crippen LogP contribution is 2.26. The molecule has 156 valence electrons. The van der Waals surface area contributed by atoms with Gasteiger partial charge in [-0.05, 0) is 49.6 Å². The van der Waals surface area contributed by atoms with Gasteiger partial charge in [0.1, 0.15) is 5.75 Å². The minimum Gasteiger partial charge on any atom is -0.494 e. The lowest BCUT2D eigenvalue weighted by Gasteiger charge is -2.32. The molecule has 1 fully saturated rings. The van der Waals surface area contributed by atoms with E-state index in [0.717, 1.165) is 5.56 Å². The van der Waals surface area contributed by atoms with E-state index in [-0.39, 0.29) is 16.7 Å². The molecule has 1 saturated heterocycles. The molecular weight excluding hydrogens is 388 g/mol. The zero-order valence-corrected chi connectivity index (χ0v) is 17.8. The minimum atomic E-state index is -3.56. The quantitative estimate of drug-likeness (QED) is 0.695. The maximum Gasteiger partial charge on any atom is 0.243 e. The summed E-state index contributed by atoms with van der Waals surface area (Å²) < 4.78 is 32.6. The Labute approximate surface area is 173 Å². The minimum absolute atomic E-state index is 0.0759. The first-order valence-corrected chi connectivity index (χ1v) is 11.4. The fourth-order valence-electron chi connectivity index (χ4n) is 3.61. The van der Waals surface area contributed by atoms with E-state index in [1.54, 1.807) is 36.2 Å². The van der Waals surface area contributed by atoms with Crippen molar-refractivity contribution in [3.8, 4) is 5.75 Å². The predicted octanol–water partition coefficient (Wildman–Crippen LogP) is 3.14. The Morgan fingerprint density at radius 2 is 1.69 bits per heavy atom. The van der Waals surface area contributed by atoms with E-state index in [1.165, 1.54) is 4.31 Å². The van der Waals surface area contributed by atoms with E-state index in [1.807, 2.05) is 37.3 Å². The van der Waals surface area contributed by atoms with Crippen molar-refractivity contribution >= 4 is 15.9 Å². The molecule has 6 nitrogen and oxygen atoms in total. The molecule has 0 aliphatic carbocycles. The maximum atomic E-state index is 12.9. The molecule has 2 aromatic carbocycles. The summed E-state index contributed by atoms with van der Waals surface area (Å²) in [6.45, 7) is 3.68. The Kier molecular flexibility index (Phi) is 6.92. The fourth-order valence-corrected chi connectivity index (χ4v) is 5.08. The van der Waals surface area contributed by atoms with Crippen LogP contribution in [0.15, 0.2) is 59.5 Å². The molecule has 0 spiro atoms. The summed E-state index contributed by atoms with van der Waals surface area (Å²) in [4.78, 5) is 14.8. The molecule has 1 aliphatic heterocycles. The second-order valence-electron chi connectivity index (χ2n) is 7.26. The van der Waals surface area contributed by atoms with Crippen molar-refractivity contribution < 1.29 is 17.9 Å². The molecule has 29 heavy (non-hydrogen) atoms. The van der Waals surface area contributed by atoms with Crippen molar-refractivity contribution in [3.05, 3.63) is 60.2 Å². The lowest BCUT2D eigenvalue weighted by Crippen LogP contribution is -2.43. The van der Waals surface area contributed by atoms with Crippen LogP contribution in [0.5, 0.6) is 5.75 Å². The molecule has 0 unspecified atom stereocenters. The van der Waals surface area contributed by atoms with Gasteiger partial charge in [-0.2, -0.15) is 4.31 Å². The highest BCUT2D eigenvalue weighted by atomic mass is 32.2. The molecule has 1 aliphatic rings. The number of ether oxygens (including phenoxy) is 1. The first-order chi connectivity index (χ1) is 13.9. The topological polar surface area (TPSA) is 66.9 Å². The standard InChI is InChI=1S/C22H28N2O4S/c1-3-28-20-9-11-21(12-10-20)29(26,27)24-15-13-19(14-16-24)22(25)23(2)17-18-7-5-4-6-8-18/h4-12,19H,3,13-17H2,1-2H3. The number of benzene rings is 2. The molecular formula is C22H28N2O4S. The molecule has 0 radical (unpaired) electrons. The second kappa shape index (κ2) is 9.41. The SMILES string of the molecule is CCOc1ccc(S(=O)(=O)N2CCC(C(=O)N(C)Cc3ccccc3)CC2)cc1. The van der Waals surface area contributed by atoms with E-state index in [4.69, 9.17) is 4.74 Å². The van der Waals surface area contributed by atoms with E-state index in [2.05, 4.69) is 0 Å². The van der Waals surface area contributed by atoms with Crippen LogP contribution < -0.4 is 4.74 Å². The first kappa shape index (κ1) is 21.3. The van der Waals surface area contributed by atoms with Gasteiger partial charge in [-0.1, -0.05) is 30.3 Å². The number of rotatable bonds is 7. The Morgan fingerprint density at radius 1 is 1.07 bits per heavy atom. The van der Waals surface area contributed by atoms with Crippen LogP contribution >= 0.6 is 0 Å². The normalized spacial score (nSPS) is 15.8. The molecule has 7 heteroatoms. The van der Waals surface area contributed by atoms with Crippen LogP contribution in [0.25, 0.3) is 0 Å². The van der Waals surface area contributed by atoms with Crippen LogP contribution in [0, 0.1) is 5.92 Å². The molecule has 0 atom stereocenters. The number of carbonyl (C=O) groups is 1. The van der Waals surface area contributed by atoms with E-state index in [9.17, 15) is 13.2 Å². The van der Waals surface area contributed by atoms with Crippen LogP contribution in [-0.2, 0) is 21.4 Å². The van der Waals surface area contributed by atoms with Gasteiger partial charge in [-0.3, -0.25) is 4.79 Å². The van der Waals surface area contributed by atoms with Gasteiger partial charge in [0.2, 0.25) is 15.9 Å². The summed E-state index contributed by atoms with van der Waals surface area (Å²) in [7, 11) is -1.75. The number of nitrogens with zero attached hydrogens (tertiary/aromatic N) is 2. The molecule has 1 heterocycles. The van der Waals surface area contributed by atoms with Crippen LogP contribution in [0.4, 0.5) is 0 Å². The Morgan fingerprint density at radius 3 is 2.28 bits per heavy atom. The van der Waals surface area contributed by atoms with Crippen molar-refractivity contribution in [1.82, 2.24) is 9.21 Å². The van der Waals surface area contributed by atoms with E-state index >= 15 is 0 Å². The summed E-state index contributed by atoms with van der Waals surface area (Å²) >= 11 is 0. The van der Waals surface area contributed by atoms with Gasteiger partial charge >= 0.3 is 0 Å². The largest absolute Gasteiger partial charge is 0.494 e. The summed E-state index contributed by atoms with van der Waals surface area (Å²) in [5.41, 5.74) is 1.08. The van der Waals surface area contributed by atoms with Crippen molar-refractivity contribution in [2.45, 2.75) is 31.2 Å². The zero-order chi connectivity index (χ0) is 20.9. The van der Waals surface area contributed by atoms with E-state index < -0.39 is 10.0 Å². The Bertz CT molecular complexity index is 906.